The molecular weight excluding hydrogens is 522 g/mol. The number of aliphatic hydroxyl groups is 1. The molecule has 0 bridgehead atoms. The largest absolute Gasteiger partial charge is 0.510 e. The van der Waals surface area contributed by atoms with Crippen LogP contribution in [0.1, 0.15) is 12.5 Å². The van der Waals surface area contributed by atoms with Gasteiger partial charge in [-0.25, -0.2) is 0 Å². The van der Waals surface area contributed by atoms with Gasteiger partial charge >= 0.3 is 0 Å². The molecule has 0 atom stereocenters. The van der Waals surface area contributed by atoms with E-state index in [1.807, 2.05) is 0 Å². The van der Waals surface area contributed by atoms with E-state index in [0.717, 1.165) is 25.1 Å². The lowest BCUT2D eigenvalue weighted by Crippen LogP contribution is -2.15. The molecule has 0 heterocycles. The summed E-state index contributed by atoms with van der Waals surface area (Å²) in [5, 5.41) is 20.3. The summed E-state index contributed by atoms with van der Waals surface area (Å²) in [7, 11) is -9.25. The third kappa shape index (κ3) is 5.83. The van der Waals surface area contributed by atoms with Crippen molar-refractivity contribution in [3.8, 4) is 0 Å². The van der Waals surface area contributed by atoms with Crippen molar-refractivity contribution in [1.29, 1.82) is 0 Å². The molecule has 1 amide bonds. The quantitative estimate of drug-likeness (QED) is 0.149. The Hall–Kier alpha value is -3.36. The first-order valence-corrected chi connectivity index (χ1v) is 12.9. The zero-order chi connectivity index (χ0) is 26.1. The summed E-state index contributed by atoms with van der Waals surface area (Å²) in [6, 6.07) is 10.6. The van der Waals surface area contributed by atoms with Gasteiger partial charge < -0.3 is 10.4 Å². The highest BCUT2D eigenvalue weighted by Crippen LogP contribution is 2.32. The molecule has 0 radical (unpaired) electrons. The normalized spacial score (nSPS) is 13.2. The summed E-state index contributed by atoms with van der Waals surface area (Å²) in [5.41, 5.74) is -0.516. The maximum absolute atomic E-state index is 12.9. The van der Waals surface area contributed by atoms with Crippen molar-refractivity contribution < 1.29 is 35.8 Å². The third-order valence-corrected chi connectivity index (χ3v) is 6.95. The summed E-state index contributed by atoms with van der Waals surface area (Å²) in [6.45, 7) is 2.64. The minimum absolute atomic E-state index is 0.118. The molecule has 0 saturated heterocycles. The van der Waals surface area contributed by atoms with Gasteiger partial charge in [0.05, 0.1) is 0 Å². The standard InChI is InChI=1S/C21H18ClN3O8S2/c1-11-9-19(35(31,32)33)17(10-15(11)22)24-25-20(12(2)26)21(27)23-16-7-8-18(34(28,29)30)14-6-4-3-5-13(14)16/h3-10,26H,1-2H3,(H,23,27)(H,28,29,30)(H,31,32,33). The predicted molar refractivity (Wildman–Crippen MR) is 128 cm³/mol. The lowest BCUT2D eigenvalue weighted by Gasteiger charge is -2.11. The highest BCUT2D eigenvalue weighted by atomic mass is 35.5. The molecule has 35 heavy (non-hydrogen) atoms. The molecule has 0 aromatic heterocycles. The van der Waals surface area contributed by atoms with Crippen LogP contribution in [-0.4, -0.2) is 37.0 Å². The van der Waals surface area contributed by atoms with Gasteiger partial charge in [0.15, 0.2) is 5.70 Å². The number of rotatable bonds is 6. The smallest absolute Gasteiger partial charge is 0.296 e. The fraction of sp³-hybridized carbons (Fsp3) is 0.0952. The SMILES string of the molecule is CC(O)=C(N=Nc1cc(Cl)c(C)cc1S(=O)(=O)O)C(=O)Nc1ccc(S(=O)(=O)O)c2ccccc12. The van der Waals surface area contributed by atoms with Gasteiger partial charge in [-0.15, -0.1) is 10.2 Å². The van der Waals surface area contributed by atoms with Crippen LogP contribution < -0.4 is 5.32 Å². The minimum atomic E-state index is -4.71. The average Bonchev–Trinajstić information content (AvgIpc) is 2.74. The number of aliphatic hydroxyl groups excluding tert-OH is 1. The molecular formula is C21H18ClN3O8S2. The van der Waals surface area contributed by atoms with E-state index < -0.39 is 42.5 Å². The zero-order valence-electron chi connectivity index (χ0n) is 18.1. The number of hydrogen-bond acceptors (Lipinski definition) is 8. The molecule has 0 aliphatic heterocycles. The van der Waals surface area contributed by atoms with Crippen LogP contribution in [0.2, 0.25) is 5.02 Å². The van der Waals surface area contributed by atoms with E-state index in [2.05, 4.69) is 15.5 Å². The van der Waals surface area contributed by atoms with E-state index in [9.17, 15) is 35.8 Å². The second-order valence-corrected chi connectivity index (χ2v) is 10.5. The van der Waals surface area contributed by atoms with Crippen LogP contribution in [-0.2, 0) is 25.0 Å². The first-order chi connectivity index (χ1) is 16.2. The number of carbonyl (C=O) groups is 1. The molecule has 3 rings (SSSR count). The summed E-state index contributed by atoms with van der Waals surface area (Å²) in [4.78, 5) is 11.9. The summed E-state index contributed by atoms with van der Waals surface area (Å²) >= 11 is 6.00. The highest BCUT2D eigenvalue weighted by Gasteiger charge is 2.21. The molecule has 184 valence electrons. The number of fused-ring (bicyclic) bond motifs is 1. The third-order valence-electron chi connectivity index (χ3n) is 4.74. The fourth-order valence-corrected chi connectivity index (χ4v) is 4.65. The van der Waals surface area contributed by atoms with Gasteiger partial charge in [-0.3, -0.25) is 13.9 Å². The van der Waals surface area contributed by atoms with Crippen molar-refractivity contribution in [1.82, 2.24) is 0 Å². The molecule has 0 aliphatic rings. The Morgan fingerprint density at radius 2 is 1.54 bits per heavy atom. The van der Waals surface area contributed by atoms with Gasteiger partial charge in [0.2, 0.25) is 0 Å². The zero-order valence-corrected chi connectivity index (χ0v) is 20.5. The Morgan fingerprint density at radius 3 is 2.11 bits per heavy atom. The van der Waals surface area contributed by atoms with Crippen molar-refractivity contribution in [3.63, 3.8) is 0 Å². The minimum Gasteiger partial charge on any atom is -0.510 e. The average molecular weight is 540 g/mol. The van der Waals surface area contributed by atoms with Crippen molar-refractivity contribution in [3.05, 3.63) is 70.6 Å². The number of halogens is 1. The van der Waals surface area contributed by atoms with Crippen LogP contribution >= 0.6 is 11.6 Å². The Bertz CT molecular complexity index is 1630. The Kier molecular flexibility index (Phi) is 7.29. The van der Waals surface area contributed by atoms with Gasteiger partial charge in [0.1, 0.15) is 21.2 Å². The molecule has 3 aromatic carbocycles. The number of amides is 1. The van der Waals surface area contributed by atoms with Crippen LogP contribution in [0.15, 0.2) is 80.0 Å². The van der Waals surface area contributed by atoms with E-state index in [1.165, 1.54) is 25.1 Å². The summed E-state index contributed by atoms with van der Waals surface area (Å²) < 4.78 is 65.7. The van der Waals surface area contributed by atoms with Crippen molar-refractivity contribution in [2.75, 3.05) is 5.32 Å². The van der Waals surface area contributed by atoms with Crippen LogP contribution in [0.5, 0.6) is 0 Å². The van der Waals surface area contributed by atoms with Gasteiger partial charge in [-0.1, -0.05) is 35.9 Å². The van der Waals surface area contributed by atoms with Crippen molar-refractivity contribution in [2.45, 2.75) is 23.6 Å². The topological polar surface area (TPSA) is 183 Å². The number of nitrogens with one attached hydrogen (secondary N) is 1. The van der Waals surface area contributed by atoms with Crippen molar-refractivity contribution in [2.24, 2.45) is 10.2 Å². The van der Waals surface area contributed by atoms with Crippen LogP contribution in [0, 0.1) is 6.92 Å². The molecule has 11 nitrogen and oxygen atoms in total. The Labute approximate surface area is 205 Å². The summed E-state index contributed by atoms with van der Waals surface area (Å²) in [6.07, 6.45) is 0. The highest BCUT2D eigenvalue weighted by molar-refractivity contribution is 7.86. The number of carbonyl (C=O) groups excluding carboxylic acids is 1. The fourth-order valence-electron chi connectivity index (χ4n) is 3.10. The molecule has 0 saturated carbocycles. The van der Waals surface area contributed by atoms with Gasteiger partial charge in [0, 0.05) is 21.5 Å². The van der Waals surface area contributed by atoms with Gasteiger partial charge in [-0.05, 0) is 43.7 Å². The molecule has 0 unspecified atom stereocenters. The van der Waals surface area contributed by atoms with Gasteiger partial charge in [-0.2, -0.15) is 16.8 Å². The monoisotopic (exact) mass is 539 g/mol. The number of allylic oxidation sites excluding steroid dienone is 1. The van der Waals surface area contributed by atoms with Crippen molar-refractivity contribution >= 4 is 59.9 Å². The second-order valence-electron chi connectivity index (χ2n) is 7.26. The number of anilines is 1. The molecule has 14 heteroatoms. The van der Waals surface area contributed by atoms with Crippen LogP contribution in [0.4, 0.5) is 11.4 Å². The van der Waals surface area contributed by atoms with E-state index in [0.29, 0.717) is 5.56 Å². The van der Waals surface area contributed by atoms with E-state index >= 15 is 0 Å². The second kappa shape index (κ2) is 9.71. The lowest BCUT2D eigenvalue weighted by molar-refractivity contribution is -0.113. The Morgan fingerprint density at radius 1 is 0.943 bits per heavy atom. The maximum atomic E-state index is 12.9. The van der Waals surface area contributed by atoms with Crippen LogP contribution in [0.3, 0.4) is 0 Å². The number of azo groups is 1. The molecule has 0 aliphatic carbocycles. The van der Waals surface area contributed by atoms with Gasteiger partial charge in [0.25, 0.3) is 26.1 Å². The van der Waals surface area contributed by atoms with E-state index in [4.69, 9.17) is 11.6 Å². The van der Waals surface area contributed by atoms with E-state index in [1.54, 1.807) is 12.1 Å². The number of hydrogen-bond donors (Lipinski definition) is 4. The number of benzene rings is 3. The molecule has 4 N–H and O–H groups in total. The first-order valence-electron chi connectivity index (χ1n) is 9.60. The maximum Gasteiger partial charge on any atom is 0.296 e. The Balaban J connectivity index is 2.03. The molecule has 0 fully saturated rings. The molecule has 0 spiro atoms. The molecule has 3 aromatic rings. The predicted octanol–water partition coefficient (Wildman–Crippen LogP) is 4.81. The number of aryl methyl sites for hydroxylation is 1. The van der Waals surface area contributed by atoms with E-state index in [-0.39, 0.29) is 32.1 Å². The number of nitrogens with zero attached hydrogens (tertiary/aromatic N) is 2. The first kappa shape index (κ1) is 26.2. The lowest BCUT2D eigenvalue weighted by atomic mass is 10.1. The summed E-state index contributed by atoms with van der Waals surface area (Å²) in [5.74, 6) is -1.54. The van der Waals surface area contributed by atoms with Crippen LogP contribution in [0.25, 0.3) is 10.8 Å².